The molecule has 0 saturated heterocycles. The zero-order valence-corrected chi connectivity index (χ0v) is 11.8. The minimum absolute atomic E-state index is 0.249. The smallest absolute Gasteiger partial charge is 0.124 e. The van der Waals surface area contributed by atoms with Gasteiger partial charge in [0.05, 0.1) is 17.3 Å². The SMILES string of the molecule is Cc1cc(Nc2ccc(F)cc2I)ccc1C#N. The molecule has 0 fully saturated rings. The molecule has 2 aromatic rings. The summed E-state index contributed by atoms with van der Waals surface area (Å²) in [4.78, 5) is 0. The minimum atomic E-state index is -0.249. The minimum Gasteiger partial charge on any atom is -0.355 e. The number of aryl methyl sites for hydroxylation is 1. The Labute approximate surface area is 119 Å². The molecule has 2 rings (SSSR count). The number of hydrogen-bond donors (Lipinski definition) is 1. The molecule has 0 bridgehead atoms. The van der Waals surface area contributed by atoms with Crippen molar-refractivity contribution in [3.8, 4) is 6.07 Å². The lowest BCUT2D eigenvalue weighted by atomic mass is 10.1. The van der Waals surface area contributed by atoms with Gasteiger partial charge in [-0.3, -0.25) is 0 Å². The Morgan fingerprint density at radius 2 is 2.00 bits per heavy atom. The molecule has 2 aromatic carbocycles. The summed E-state index contributed by atoms with van der Waals surface area (Å²) in [5.74, 6) is -0.249. The van der Waals surface area contributed by atoms with E-state index in [1.54, 1.807) is 12.1 Å². The fourth-order valence-corrected chi connectivity index (χ4v) is 2.23. The lowest BCUT2D eigenvalue weighted by molar-refractivity contribution is 0.627. The summed E-state index contributed by atoms with van der Waals surface area (Å²) < 4.78 is 13.8. The highest BCUT2D eigenvalue weighted by atomic mass is 127. The maximum Gasteiger partial charge on any atom is 0.124 e. The zero-order valence-electron chi connectivity index (χ0n) is 9.67. The summed E-state index contributed by atoms with van der Waals surface area (Å²) in [7, 11) is 0. The van der Waals surface area contributed by atoms with Gasteiger partial charge in [0, 0.05) is 9.26 Å². The molecule has 90 valence electrons. The van der Waals surface area contributed by atoms with Gasteiger partial charge in [0.1, 0.15) is 5.82 Å². The molecule has 0 spiro atoms. The van der Waals surface area contributed by atoms with Crippen molar-refractivity contribution in [3.63, 3.8) is 0 Å². The number of benzene rings is 2. The van der Waals surface area contributed by atoms with Crippen LogP contribution in [0.15, 0.2) is 36.4 Å². The average Bonchev–Trinajstić information content (AvgIpc) is 2.33. The molecule has 2 nitrogen and oxygen atoms in total. The molecule has 0 amide bonds. The second kappa shape index (κ2) is 5.36. The predicted octanol–water partition coefficient (Wildman–Crippen LogP) is 4.35. The highest BCUT2D eigenvalue weighted by molar-refractivity contribution is 14.1. The van der Waals surface area contributed by atoms with Crippen LogP contribution in [0.2, 0.25) is 0 Å². The van der Waals surface area contributed by atoms with Crippen LogP contribution in [0, 0.1) is 27.6 Å². The molecule has 0 radical (unpaired) electrons. The number of hydrogen-bond acceptors (Lipinski definition) is 2. The maximum atomic E-state index is 13.0. The molecule has 0 aliphatic rings. The number of nitrogens with one attached hydrogen (secondary N) is 1. The molecule has 1 N–H and O–H groups in total. The summed E-state index contributed by atoms with van der Waals surface area (Å²) in [6.45, 7) is 1.89. The molecule has 18 heavy (non-hydrogen) atoms. The van der Waals surface area contributed by atoms with Crippen LogP contribution in [0.1, 0.15) is 11.1 Å². The van der Waals surface area contributed by atoms with E-state index in [1.807, 2.05) is 19.1 Å². The number of anilines is 2. The summed E-state index contributed by atoms with van der Waals surface area (Å²) in [6.07, 6.45) is 0. The number of nitrogens with zero attached hydrogens (tertiary/aromatic N) is 1. The van der Waals surface area contributed by atoms with Gasteiger partial charge in [-0.2, -0.15) is 5.26 Å². The van der Waals surface area contributed by atoms with Crippen molar-refractivity contribution < 1.29 is 4.39 Å². The Bertz CT molecular complexity index is 632. The van der Waals surface area contributed by atoms with E-state index in [0.717, 1.165) is 20.5 Å². The molecule has 4 heteroatoms. The van der Waals surface area contributed by atoms with Gasteiger partial charge in [0.25, 0.3) is 0 Å². The van der Waals surface area contributed by atoms with Gasteiger partial charge >= 0.3 is 0 Å². The molecule has 0 unspecified atom stereocenters. The van der Waals surface area contributed by atoms with E-state index in [9.17, 15) is 4.39 Å². The topological polar surface area (TPSA) is 35.8 Å². The predicted molar refractivity (Wildman–Crippen MR) is 78.3 cm³/mol. The first-order valence-electron chi connectivity index (χ1n) is 5.33. The Morgan fingerprint density at radius 3 is 2.61 bits per heavy atom. The van der Waals surface area contributed by atoms with Crippen LogP contribution in [0.3, 0.4) is 0 Å². The fourth-order valence-electron chi connectivity index (χ4n) is 1.61. The fraction of sp³-hybridized carbons (Fsp3) is 0.0714. The van der Waals surface area contributed by atoms with Crippen molar-refractivity contribution in [2.24, 2.45) is 0 Å². The molecule has 0 atom stereocenters. The van der Waals surface area contributed by atoms with Gasteiger partial charge in [-0.25, -0.2) is 4.39 Å². The Kier molecular flexibility index (Phi) is 3.82. The summed E-state index contributed by atoms with van der Waals surface area (Å²) >= 11 is 2.08. The quantitative estimate of drug-likeness (QED) is 0.816. The van der Waals surface area contributed by atoms with Crippen LogP contribution >= 0.6 is 22.6 Å². The lowest BCUT2D eigenvalue weighted by Crippen LogP contribution is -1.95. The van der Waals surface area contributed by atoms with E-state index < -0.39 is 0 Å². The number of rotatable bonds is 2. The standard InChI is InChI=1S/C14H10FIN2/c1-9-6-12(4-2-10(9)8-17)18-14-5-3-11(15)7-13(14)16/h2-7,18H,1H3. The van der Waals surface area contributed by atoms with Crippen LogP contribution in [-0.2, 0) is 0 Å². The molecule has 0 saturated carbocycles. The first-order valence-corrected chi connectivity index (χ1v) is 6.41. The van der Waals surface area contributed by atoms with Crippen molar-refractivity contribution >= 4 is 34.0 Å². The highest BCUT2D eigenvalue weighted by Crippen LogP contribution is 2.24. The molecular weight excluding hydrogens is 342 g/mol. The second-order valence-electron chi connectivity index (χ2n) is 3.89. The third-order valence-electron chi connectivity index (χ3n) is 2.56. The van der Waals surface area contributed by atoms with Crippen LogP contribution in [0.4, 0.5) is 15.8 Å². The van der Waals surface area contributed by atoms with Crippen LogP contribution in [0.5, 0.6) is 0 Å². The van der Waals surface area contributed by atoms with E-state index >= 15 is 0 Å². The zero-order chi connectivity index (χ0) is 13.1. The Balaban J connectivity index is 2.29. The van der Waals surface area contributed by atoms with E-state index in [0.29, 0.717) is 5.56 Å². The second-order valence-corrected chi connectivity index (χ2v) is 5.05. The molecule has 0 aliphatic heterocycles. The van der Waals surface area contributed by atoms with Crippen LogP contribution in [-0.4, -0.2) is 0 Å². The number of halogens is 2. The van der Waals surface area contributed by atoms with Gasteiger partial charge in [-0.05, 0) is 71.5 Å². The Hall–Kier alpha value is -1.61. The van der Waals surface area contributed by atoms with E-state index in [1.165, 1.54) is 12.1 Å². The normalized spacial score (nSPS) is 9.89. The molecule has 0 aliphatic carbocycles. The van der Waals surface area contributed by atoms with Crippen LogP contribution < -0.4 is 5.32 Å². The van der Waals surface area contributed by atoms with Gasteiger partial charge < -0.3 is 5.32 Å². The third kappa shape index (κ3) is 2.79. The maximum absolute atomic E-state index is 13.0. The highest BCUT2D eigenvalue weighted by Gasteiger charge is 2.03. The van der Waals surface area contributed by atoms with Crippen LogP contribution in [0.25, 0.3) is 0 Å². The first-order chi connectivity index (χ1) is 8.60. The molecule has 0 heterocycles. The monoisotopic (exact) mass is 352 g/mol. The first kappa shape index (κ1) is 12.8. The van der Waals surface area contributed by atoms with Crippen molar-refractivity contribution in [2.75, 3.05) is 5.32 Å². The number of nitriles is 1. The lowest BCUT2D eigenvalue weighted by Gasteiger charge is -2.09. The van der Waals surface area contributed by atoms with Crippen molar-refractivity contribution in [1.29, 1.82) is 5.26 Å². The van der Waals surface area contributed by atoms with Crippen molar-refractivity contribution in [3.05, 3.63) is 56.9 Å². The van der Waals surface area contributed by atoms with E-state index in [2.05, 4.69) is 34.0 Å². The van der Waals surface area contributed by atoms with Crippen molar-refractivity contribution in [1.82, 2.24) is 0 Å². The van der Waals surface area contributed by atoms with E-state index in [4.69, 9.17) is 5.26 Å². The van der Waals surface area contributed by atoms with Gasteiger partial charge in [-0.1, -0.05) is 0 Å². The van der Waals surface area contributed by atoms with Gasteiger partial charge in [0.2, 0.25) is 0 Å². The average molecular weight is 352 g/mol. The largest absolute Gasteiger partial charge is 0.355 e. The van der Waals surface area contributed by atoms with E-state index in [-0.39, 0.29) is 5.82 Å². The van der Waals surface area contributed by atoms with Gasteiger partial charge in [0.15, 0.2) is 0 Å². The summed E-state index contributed by atoms with van der Waals surface area (Å²) in [6, 6.07) is 12.2. The third-order valence-corrected chi connectivity index (χ3v) is 3.45. The summed E-state index contributed by atoms with van der Waals surface area (Å²) in [5, 5.41) is 12.1. The Morgan fingerprint density at radius 1 is 1.22 bits per heavy atom. The van der Waals surface area contributed by atoms with Crippen molar-refractivity contribution in [2.45, 2.75) is 6.92 Å². The van der Waals surface area contributed by atoms with Gasteiger partial charge in [-0.15, -0.1) is 0 Å². The molecular formula is C14H10FIN2. The molecule has 0 aromatic heterocycles. The summed E-state index contributed by atoms with van der Waals surface area (Å²) in [5.41, 5.74) is 3.31.